The van der Waals surface area contributed by atoms with Crippen molar-refractivity contribution in [2.24, 2.45) is 0 Å². The van der Waals surface area contributed by atoms with Gasteiger partial charge in [0.05, 0.1) is 18.7 Å². The molecule has 0 saturated heterocycles. The van der Waals surface area contributed by atoms with E-state index in [1.54, 1.807) is 0 Å². The lowest BCUT2D eigenvalue weighted by Crippen LogP contribution is -2.14. The van der Waals surface area contributed by atoms with Crippen LogP contribution in [0.3, 0.4) is 0 Å². The fourth-order valence-electron chi connectivity index (χ4n) is 2.29. The molecule has 4 heteroatoms. The zero-order chi connectivity index (χ0) is 14.3. The van der Waals surface area contributed by atoms with Gasteiger partial charge in [0.1, 0.15) is 0 Å². The maximum Gasteiger partial charge on any atom is 0.163 e. The second-order valence-electron chi connectivity index (χ2n) is 6.21. The fourth-order valence-corrected chi connectivity index (χ4v) is 2.29. The smallest absolute Gasteiger partial charge is 0.163 e. The van der Waals surface area contributed by atoms with Crippen LogP contribution in [-0.4, -0.2) is 18.2 Å². The van der Waals surface area contributed by atoms with Crippen molar-refractivity contribution in [3.63, 3.8) is 0 Å². The highest BCUT2D eigenvalue weighted by Crippen LogP contribution is 2.37. The van der Waals surface area contributed by atoms with Gasteiger partial charge in [0.25, 0.3) is 0 Å². The number of hydrogen-bond donors (Lipinski definition) is 1. The van der Waals surface area contributed by atoms with Gasteiger partial charge in [-0.15, -0.1) is 0 Å². The van der Waals surface area contributed by atoms with Gasteiger partial charge in [-0.2, -0.15) is 0 Å². The summed E-state index contributed by atoms with van der Waals surface area (Å²) in [6.45, 7) is 7.73. The summed E-state index contributed by atoms with van der Waals surface area (Å²) >= 11 is 0. The van der Waals surface area contributed by atoms with E-state index in [9.17, 15) is 0 Å². The normalized spacial score (nSPS) is 15.2. The minimum absolute atomic E-state index is 0.0353. The molecule has 0 bridgehead atoms. The molecule has 1 aromatic heterocycles. The molecule has 0 radical (unpaired) electrons. The highest BCUT2D eigenvalue weighted by Gasteiger charge is 2.19. The van der Waals surface area contributed by atoms with E-state index in [-0.39, 0.29) is 5.41 Å². The molecule has 20 heavy (non-hydrogen) atoms. The van der Waals surface area contributed by atoms with Gasteiger partial charge < -0.3 is 15.2 Å². The van der Waals surface area contributed by atoms with E-state index in [4.69, 9.17) is 20.2 Å². The standard InChI is InChI=1S/C16H20N2O2/c1-16(2,3)15-8-11(17)10-7-13-14(9-12(10)18-15)20-6-4-5-19-13/h7-9H,4-6H2,1-3H3,(H2,17,18). The van der Waals surface area contributed by atoms with Gasteiger partial charge >= 0.3 is 0 Å². The first-order chi connectivity index (χ1) is 9.45. The van der Waals surface area contributed by atoms with E-state index in [1.807, 2.05) is 18.2 Å². The van der Waals surface area contributed by atoms with Gasteiger partial charge in [0.2, 0.25) is 0 Å². The number of aromatic nitrogens is 1. The first-order valence-electron chi connectivity index (χ1n) is 6.95. The Balaban J connectivity index is 2.21. The third kappa shape index (κ3) is 2.26. The topological polar surface area (TPSA) is 57.4 Å². The van der Waals surface area contributed by atoms with Gasteiger partial charge in [-0.1, -0.05) is 20.8 Å². The van der Waals surface area contributed by atoms with Crippen molar-refractivity contribution in [3.05, 3.63) is 23.9 Å². The van der Waals surface area contributed by atoms with Crippen LogP contribution in [0.15, 0.2) is 18.2 Å². The molecule has 0 amide bonds. The minimum Gasteiger partial charge on any atom is -0.490 e. The number of ether oxygens (including phenoxy) is 2. The van der Waals surface area contributed by atoms with Crippen LogP contribution < -0.4 is 15.2 Å². The lowest BCUT2D eigenvalue weighted by Gasteiger charge is -2.19. The van der Waals surface area contributed by atoms with E-state index in [1.165, 1.54) is 0 Å². The SMILES string of the molecule is CC(C)(C)c1cc(N)c2cc3c(cc2n1)OCCCO3. The molecular formula is C16H20N2O2. The van der Waals surface area contributed by atoms with Crippen LogP contribution in [0.4, 0.5) is 5.69 Å². The Morgan fingerprint density at radius 2 is 1.70 bits per heavy atom. The van der Waals surface area contributed by atoms with E-state index in [2.05, 4.69) is 20.8 Å². The average Bonchev–Trinajstić information content (AvgIpc) is 2.60. The average molecular weight is 272 g/mol. The molecule has 106 valence electrons. The number of nitrogens with two attached hydrogens (primary N) is 1. The summed E-state index contributed by atoms with van der Waals surface area (Å²) in [6.07, 6.45) is 0.890. The minimum atomic E-state index is -0.0353. The highest BCUT2D eigenvalue weighted by atomic mass is 16.5. The number of hydrogen-bond acceptors (Lipinski definition) is 4. The van der Waals surface area contributed by atoms with Crippen molar-refractivity contribution in [2.75, 3.05) is 18.9 Å². The van der Waals surface area contributed by atoms with Crippen LogP contribution in [0.25, 0.3) is 10.9 Å². The molecular weight excluding hydrogens is 252 g/mol. The van der Waals surface area contributed by atoms with Crippen LogP contribution >= 0.6 is 0 Å². The first kappa shape index (κ1) is 13.0. The summed E-state index contributed by atoms with van der Waals surface area (Å²) in [6, 6.07) is 5.82. The molecule has 2 N–H and O–H groups in total. The Labute approximate surface area is 118 Å². The first-order valence-corrected chi connectivity index (χ1v) is 6.95. The highest BCUT2D eigenvalue weighted by molar-refractivity contribution is 5.93. The zero-order valence-corrected chi connectivity index (χ0v) is 12.2. The summed E-state index contributed by atoms with van der Waals surface area (Å²) in [7, 11) is 0. The maximum atomic E-state index is 6.19. The summed E-state index contributed by atoms with van der Waals surface area (Å²) < 4.78 is 11.4. The Hall–Kier alpha value is -1.97. The van der Waals surface area contributed by atoms with Crippen molar-refractivity contribution < 1.29 is 9.47 Å². The lowest BCUT2D eigenvalue weighted by molar-refractivity contribution is 0.297. The molecule has 2 aromatic rings. The third-order valence-electron chi connectivity index (χ3n) is 3.48. The summed E-state index contributed by atoms with van der Waals surface area (Å²) in [5.41, 5.74) is 8.73. The summed E-state index contributed by atoms with van der Waals surface area (Å²) in [4.78, 5) is 4.73. The van der Waals surface area contributed by atoms with Gasteiger partial charge in [0.15, 0.2) is 11.5 Å². The Kier molecular flexibility index (Phi) is 2.96. The van der Waals surface area contributed by atoms with Crippen molar-refractivity contribution in [1.29, 1.82) is 0 Å². The number of nitrogens with zero attached hydrogens (tertiary/aromatic N) is 1. The number of rotatable bonds is 0. The Morgan fingerprint density at radius 1 is 1.05 bits per heavy atom. The van der Waals surface area contributed by atoms with Crippen molar-refractivity contribution in [2.45, 2.75) is 32.6 Å². The van der Waals surface area contributed by atoms with E-state index in [0.29, 0.717) is 13.2 Å². The monoisotopic (exact) mass is 272 g/mol. The summed E-state index contributed by atoms with van der Waals surface area (Å²) in [5, 5.41) is 0.919. The van der Waals surface area contributed by atoms with E-state index < -0.39 is 0 Å². The molecule has 0 saturated carbocycles. The lowest BCUT2D eigenvalue weighted by atomic mass is 9.91. The molecule has 1 aliphatic heterocycles. The quantitative estimate of drug-likeness (QED) is 0.799. The molecule has 1 aliphatic rings. The van der Waals surface area contributed by atoms with Gasteiger partial charge in [-0.3, -0.25) is 4.98 Å². The van der Waals surface area contributed by atoms with Gasteiger partial charge in [-0.05, 0) is 12.1 Å². The number of benzene rings is 1. The molecule has 0 aliphatic carbocycles. The third-order valence-corrected chi connectivity index (χ3v) is 3.48. The molecule has 3 rings (SSSR count). The Bertz CT molecular complexity index is 660. The molecule has 1 aromatic carbocycles. The van der Waals surface area contributed by atoms with E-state index >= 15 is 0 Å². The number of pyridine rings is 1. The second kappa shape index (κ2) is 4.54. The van der Waals surface area contributed by atoms with Crippen LogP contribution in [0, 0.1) is 0 Å². The maximum absolute atomic E-state index is 6.19. The van der Waals surface area contributed by atoms with Crippen molar-refractivity contribution in [1.82, 2.24) is 4.98 Å². The number of anilines is 1. The molecule has 2 heterocycles. The van der Waals surface area contributed by atoms with Crippen LogP contribution in [-0.2, 0) is 5.41 Å². The van der Waals surface area contributed by atoms with E-state index in [0.717, 1.165) is 40.2 Å². The van der Waals surface area contributed by atoms with Crippen molar-refractivity contribution in [3.8, 4) is 11.5 Å². The Morgan fingerprint density at radius 3 is 2.35 bits per heavy atom. The zero-order valence-electron chi connectivity index (χ0n) is 12.2. The fraction of sp³-hybridized carbons (Fsp3) is 0.438. The predicted molar refractivity (Wildman–Crippen MR) is 80.5 cm³/mol. The second-order valence-corrected chi connectivity index (χ2v) is 6.21. The largest absolute Gasteiger partial charge is 0.490 e. The molecule has 0 spiro atoms. The van der Waals surface area contributed by atoms with Crippen molar-refractivity contribution >= 4 is 16.6 Å². The van der Waals surface area contributed by atoms with Gasteiger partial charge in [0, 0.05) is 34.7 Å². The molecule has 4 nitrogen and oxygen atoms in total. The van der Waals surface area contributed by atoms with Crippen LogP contribution in [0.5, 0.6) is 11.5 Å². The number of fused-ring (bicyclic) bond motifs is 2. The summed E-state index contributed by atoms with van der Waals surface area (Å²) in [5.74, 6) is 1.51. The van der Waals surface area contributed by atoms with Gasteiger partial charge in [-0.25, -0.2) is 0 Å². The molecule has 0 fully saturated rings. The molecule has 0 unspecified atom stereocenters. The number of nitrogen functional groups attached to an aromatic ring is 1. The molecule has 0 atom stereocenters. The van der Waals surface area contributed by atoms with Crippen LogP contribution in [0.2, 0.25) is 0 Å². The van der Waals surface area contributed by atoms with Crippen LogP contribution in [0.1, 0.15) is 32.9 Å². The predicted octanol–water partition coefficient (Wildman–Crippen LogP) is 3.28.